The summed E-state index contributed by atoms with van der Waals surface area (Å²) < 4.78 is 5.90. The van der Waals surface area contributed by atoms with Gasteiger partial charge in [0.15, 0.2) is 0 Å². The number of anilines is 1. The molecule has 0 bridgehead atoms. The summed E-state index contributed by atoms with van der Waals surface area (Å²) in [5, 5.41) is 4.25. The summed E-state index contributed by atoms with van der Waals surface area (Å²) in [4.78, 5) is 16.4. The molecule has 0 radical (unpaired) electrons. The lowest BCUT2D eigenvalue weighted by molar-refractivity contribution is -0.120. The molecule has 2 aromatic carbocycles. The zero-order chi connectivity index (χ0) is 22.5. The molecule has 4 nitrogen and oxygen atoms in total. The number of para-hydroxylation sites is 1. The predicted octanol–water partition coefficient (Wildman–Crippen LogP) is 6.78. The second kappa shape index (κ2) is 10.3. The first-order valence-corrected chi connectivity index (χ1v) is 12.3. The third-order valence-corrected chi connectivity index (χ3v) is 7.54. The van der Waals surface area contributed by atoms with Gasteiger partial charge in [-0.25, -0.2) is 0 Å². The lowest BCUT2D eigenvalue weighted by Crippen LogP contribution is -2.29. The maximum absolute atomic E-state index is 12.6. The van der Waals surface area contributed by atoms with Crippen molar-refractivity contribution < 1.29 is 9.53 Å². The molecule has 0 saturated heterocycles. The fraction of sp³-hybridized carbons (Fsp3) is 0.370. The van der Waals surface area contributed by atoms with Crippen LogP contribution in [0.4, 0.5) is 5.00 Å². The second-order valence-corrected chi connectivity index (χ2v) is 9.59. The van der Waals surface area contributed by atoms with E-state index in [2.05, 4.69) is 43.1 Å². The fourth-order valence-electron chi connectivity index (χ4n) is 4.29. The van der Waals surface area contributed by atoms with Crippen LogP contribution in [-0.2, 0) is 24.3 Å². The normalized spacial score (nSPS) is 13.8. The molecular formula is C27H32N2O2S. The van der Waals surface area contributed by atoms with Crippen molar-refractivity contribution in [2.45, 2.75) is 53.1 Å². The predicted molar refractivity (Wildman–Crippen MR) is 133 cm³/mol. The smallest absolute Gasteiger partial charge is 0.228 e. The molecule has 0 fully saturated rings. The molecular weight excluding hydrogens is 416 g/mol. The molecule has 1 aromatic heterocycles. The number of rotatable bonds is 8. The van der Waals surface area contributed by atoms with Crippen LogP contribution in [-0.4, -0.2) is 17.4 Å². The highest BCUT2D eigenvalue weighted by molar-refractivity contribution is 7.16. The monoisotopic (exact) mass is 448 g/mol. The Hall–Kier alpha value is -2.63. The molecule has 0 aliphatic carbocycles. The van der Waals surface area contributed by atoms with E-state index in [0.29, 0.717) is 0 Å². The zero-order valence-corrected chi connectivity index (χ0v) is 20.0. The van der Waals surface area contributed by atoms with Gasteiger partial charge in [-0.2, -0.15) is 0 Å². The number of hydrogen-bond acceptors (Lipinski definition) is 4. The van der Waals surface area contributed by atoms with Gasteiger partial charge in [0.2, 0.25) is 5.91 Å². The van der Waals surface area contributed by atoms with Crippen LogP contribution in [0.5, 0.6) is 11.5 Å². The molecule has 0 spiro atoms. The Morgan fingerprint density at radius 2 is 1.75 bits per heavy atom. The first-order chi connectivity index (χ1) is 15.6. The molecule has 1 aliphatic heterocycles. The molecule has 3 aromatic rings. The van der Waals surface area contributed by atoms with E-state index in [4.69, 9.17) is 4.74 Å². The van der Waals surface area contributed by atoms with Crippen molar-refractivity contribution in [3.05, 3.63) is 76.2 Å². The molecule has 1 N–H and O–H groups in total. The van der Waals surface area contributed by atoms with Crippen LogP contribution >= 0.6 is 11.3 Å². The highest BCUT2D eigenvalue weighted by atomic mass is 32.1. The lowest BCUT2D eigenvalue weighted by atomic mass is 10.0. The van der Waals surface area contributed by atoms with Crippen LogP contribution < -0.4 is 10.1 Å². The van der Waals surface area contributed by atoms with Crippen LogP contribution in [0.2, 0.25) is 0 Å². The molecule has 4 rings (SSSR count). The summed E-state index contributed by atoms with van der Waals surface area (Å²) in [6, 6.07) is 18.2. The Kier molecular flexibility index (Phi) is 7.28. The Labute approximate surface area is 195 Å². The Morgan fingerprint density at radius 3 is 2.44 bits per heavy atom. The van der Waals surface area contributed by atoms with Crippen molar-refractivity contribution in [3.8, 4) is 11.5 Å². The SMILES string of the molecule is CCC(CC)C(=O)Nc1sc2c(c1C)CCN(Cc1ccc(Oc3ccccc3)cc1)C2. The topological polar surface area (TPSA) is 41.6 Å². The van der Waals surface area contributed by atoms with Gasteiger partial charge in [0.1, 0.15) is 11.5 Å². The van der Waals surface area contributed by atoms with E-state index in [1.54, 1.807) is 11.3 Å². The van der Waals surface area contributed by atoms with Crippen molar-refractivity contribution in [3.63, 3.8) is 0 Å². The molecule has 0 unspecified atom stereocenters. The summed E-state index contributed by atoms with van der Waals surface area (Å²) in [5.74, 6) is 1.96. The van der Waals surface area contributed by atoms with Crippen molar-refractivity contribution in [1.82, 2.24) is 4.90 Å². The Balaban J connectivity index is 1.37. The van der Waals surface area contributed by atoms with E-state index >= 15 is 0 Å². The summed E-state index contributed by atoms with van der Waals surface area (Å²) in [7, 11) is 0. The molecule has 32 heavy (non-hydrogen) atoms. The number of carbonyl (C=O) groups is 1. The molecule has 0 saturated carbocycles. The largest absolute Gasteiger partial charge is 0.457 e. The molecule has 0 atom stereocenters. The quantitative estimate of drug-likeness (QED) is 0.413. The zero-order valence-electron chi connectivity index (χ0n) is 19.2. The van der Waals surface area contributed by atoms with Crippen LogP contribution in [0, 0.1) is 12.8 Å². The number of hydrogen-bond donors (Lipinski definition) is 1. The number of benzene rings is 2. The Morgan fingerprint density at radius 1 is 1.06 bits per heavy atom. The van der Waals surface area contributed by atoms with Crippen LogP contribution in [0.3, 0.4) is 0 Å². The van der Waals surface area contributed by atoms with E-state index in [1.807, 2.05) is 42.5 Å². The number of carbonyl (C=O) groups excluding carboxylic acids is 1. The van der Waals surface area contributed by atoms with Crippen LogP contribution in [0.1, 0.15) is 48.3 Å². The molecule has 2 heterocycles. The second-order valence-electron chi connectivity index (χ2n) is 8.48. The van der Waals surface area contributed by atoms with Gasteiger partial charge in [-0.05, 0) is 67.1 Å². The molecule has 1 amide bonds. The van der Waals surface area contributed by atoms with Crippen LogP contribution in [0.25, 0.3) is 0 Å². The molecule has 5 heteroatoms. The summed E-state index contributed by atoms with van der Waals surface area (Å²) in [6.45, 7) is 9.20. The van der Waals surface area contributed by atoms with Crippen molar-refractivity contribution in [2.75, 3.05) is 11.9 Å². The third-order valence-electron chi connectivity index (χ3n) is 6.30. The minimum Gasteiger partial charge on any atom is -0.457 e. The van der Waals surface area contributed by atoms with E-state index < -0.39 is 0 Å². The summed E-state index contributed by atoms with van der Waals surface area (Å²) in [6.07, 6.45) is 2.80. The van der Waals surface area contributed by atoms with Gasteiger partial charge in [0.25, 0.3) is 0 Å². The van der Waals surface area contributed by atoms with Gasteiger partial charge in [0.05, 0.1) is 5.00 Å². The van der Waals surface area contributed by atoms with Gasteiger partial charge in [-0.15, -0.1) is 11.3 Å². The van der Waals surface area contributed by atoms with Gasteiger partial charge < -0.3 is 10.1 Å². The average molecular weight is 449 g/mol. The number of fused-ring (bicyclic) bond motifs is 1. The van der Waals surface area contributed by atoms with Crippen molar-refractivity contribution >= 4 is 22.2 Å². The Bertz CT molecular complexity index is 1040. The van der Waals surface area contributed by atoms with Gasteiger partial charge >= 0.3 is 0 Å². The number of nitrogens with zero attached hydrogens (tertiary/aromatic N) is 1. The van der Waals surface area contributed by atoms with Crippen LogP contribution in [0.15, 0.2) is 54.6 Å². The summed E-state index contributed by atoms with van der Waals surface area (Å²) in [5.41, 5.74) is 3.97. The third kappa shape index (κ3) is 5.22. The fourth-order valence-corrected chi connectivity index (χ4v) is 5.59. The van der Waals surface area contributed by atoms with E-state index in [-0.39, 0.29) is 11.8 Å². The number of ether oxygens (including phenoxy) is 1. The number of thiophene rings is 1. The highest BCUT2D eigenvalue weighted by Crippen LogP contribution is 2.37. The summed E-state index contributed by atoms with van der Waals surface area (Å²) >= 11 is 1.75. The minimum absolute atomic E-state index is 0.0962. The lowest BCUT2D eigenvalue weighted by Gasteiger charge is -2.27. The number of amides is 1. The van der Waals surface area contributed by atoms with Gasteiger partial charge in [-0.3, -0.25) is 9.69 Å². The van der Waals surface area contributed by atoms with E-state index in [9.17, 15) is 4.79 Å². The van der Waals surface area contributed by atoms with Gasteiger partial charge in [-0.1, -0.05) is 44.2 Å². The first kappa shape index (κ1) is 22.6. The minimum atomic E-state index is 0.0962. The average Bonchev–Trinajstić information content (AvgIpc) is 3.11. The molecule has 1 aliphatic rings. The van der Waals surface area contributed by atoms with E-state index in [0.717, 1.165) is 55.4 Å². The first-order valence-electron chi connectivity index (χ1n) is 11.5. The highest BCUT2D eigenvalue weighted by Gasteiger charge is 2.24. The standard InChI is InChI=1S/C27H32N2O2S/c1-4-21(5-2)26(30)28-27-19(3)24-15-16-29(18-25(24)32-27)17-20-11-13-23(14-12-20)31-22-9-7-6-8-10-22/h6-14,21H,4-5,15-18H2,1-3H3,(H,28,30). The van der Waals surface area contributed by atoms with E-state index in [1.165, 1.54) is 21.6 Å². The van der Waals surface area contributed by atoms with Gasteiger partial charge in [0, 0.05) is 30.4 Å². The number of nitrogens with one attached hydrogen (secondary N) is 1. The maximum atomic E-state index is 12.6. The molecule has 168 valence electrons. The maximum Gasteiger partial charge on any atom is 0.228 e. The van der Waals surface area contributed by atoms with Crippen molar-refractivity contribution in [2.24, 2.45) is 5.92 Å². The van der Waals surface area contributed by atoms with Crippen molar-refractivity contribution in [1.29, 1.82) is 0 Å².